The second-order valence-corrected chi connectivity index (χ2v) is 9.63. The number of piperazine rings is 1. The van der Waals surface area contributed by atoms with Gasteiger partial charge in [-0.25, -0.2) is 0 Å². The molecule has 4 heteroatoms. The van der Waals surface area contributed by atoms with Crippen LogP contribution in [0.25, 0.3) is 0 Å². The zero-order chi connectivity index (χ0) is 18.4. The third kappa shape index (κ3) is 3.21. The third-order valence-corrected chi connectivity index (χ3v) is 7.75. The Balaban J connectivity index is 1.21. The van der Waals surface area contributed by atoms with Gasteiger partial charge in [0, 0.05) is 32.6 Å². The van der Waals surface area contributed by atoms with Crippen LogP contribution in [-0.4, -0.2) is 44.1 Å². The van der Waals surface area contributed by atoms with Gasteiger partial charge in [-0.1, -0.05) is 12.1 Å². The average Bonchev–Trinajstić information content (AvgIpc) is 2.66. The van der Waals surface area contributed by atoms with Gasteiger partial charge < -0.3 is 14.5 Å². The van der Waals surface area contributed by atoms with Crippen molar-refractivity contribution in [3.05, 3.63) is 24.3 Å². The second kappa shape index (κ2) is 6.72. The fraction of sp³-hybridized carbons (Fsp3) is 0.696. The standard InChI is InChI=1S/C23H32N2O2/c1-27-21-5-3-2-4-20(21)24-6-8-25(9-7-24)22(26)16-23-13-17-10-18(14-23)12-19(11-17)15-23/h2-5,17-19H,6-16H2,1H3. The molecule has 1 aromatic rings. The zero-order valence-corrected chi connectivity index (χ0v) is 16.5. The number of carbonyl (C=O) groups excluding carboxylic acids is 1. The highest BCUT2D eigenvalue weighted by Gasteiger charge is 2.51. The molecular formula is C23H32N2O2. The molecule has 0 N–H and O–H groups in total. The number of ether oxygens (including phenoxy) is 1. The molecule has 5 aliphatic rings. The van der Waals surface area contributed by atoms with Crippen LogP contribution in [0, 0.1) is 23.2 Å². The Kier molecular flexibility index (Phi) is 4.33. The normalized spacial score (nSPS) is 34.8. The van der Waals surface area contributed by atoms with E-state index in [9.17, 15) is 4.79 Å². The number of rotatable bonds is 4. The van der Waals surface area contributed by atoms with Gasteiger partial charge in [0.05, 0.1) is 12.8 Å². The molecule has 0 aromatic heterocycles. The Morgan fingerprint density at radius 2 is 1.59 bits per heavy atom. The zero-order valence-electron chi connectivity index (χ0n) is 16.5. The first-order valence-corrected chi connectivity index (χ1v) is 10.8. The molecule has 4 nitrogen and oxygen atoms in total. The van der Waals surface area contributed by atoms with Gasteiger partial charge in [0.1, 0.15) is 5.75 Å². The summed E-state index contributed by atoms with van der Waals surface area (Å²) in [6.45, 7) is 3.46. The lowest BCUT2D eigenvalue weighted by atomic mass is 9.49. The molecule has 0 atom stereocenters. The summed E-state index contributed by atoms with van der Waals surface area (Å²) in [6, 6.07) is 8.20. The number of carbonyl (C=O) groups is 1. The van der Waals surface area contributed by atoms with Gasteiger partial charge in [-0.3, -0.25) is 4.79 Å². The Morgan fingerprint density at radius 3 is 2.19 bits per heavy atom. The first-order valence-electron chi connectivity index (χ1n) is 10.8. The van der Waals surface area contributed by atoms with E-state index in [1.807, 2.05) is 12.1 Å². The monoisotopic (exact) mass is 368 g/mol. The quantitative estimate of drug-likeness (QED) is 0.807. The molecule has 0 radical (unpaired) electrons. The number of benzene rings is 1. The van der Waals surface area contributed by atoms with Gasteiger partial charge >= 0.3 is 0 Å². The lowest BCUT2D eigenvalue weighted by molar-refractivity contribution is -0.139. The summed E-state index contributed by atoms with van der Waals surface area (Å²) in [6.07, 6.45) is 9.13. The average molecular weight is 369 g/mol. The van der Waals surface area contributed by atoms with Crippen LogP contribution in [0.2, 0.25) is 0 Å². The maximum atomic E-state index is 13.1. The summed E-state index contributed by atoms with van der Waals surface area (Å²) in [5, 5.41) is 0. The number of hydrogen-bond acceptors (Lipinski definition) is 3. The minimum Gasteiger partial charge on any atom is -0.495 e. The maximum absolute atomic E-state index is 13.1. The predicted molar refractivity (Wildman–Crippen MR) is 107 cm³/mol. The van der Waals surface area contributed by atoms with E-state index in [0.29, 0.717) is 11.3 Å². The predicted octanol–water partition coefficient (Wildman–Crippen LogP) is 3.95. The summed E-state index contributed by atoms with van der Waals surface area (Å²) in [7, 11) is 1.73. The third-order valence-electron chi connectivity index (χ3n) is 7.75. The van der Waals surface area contributed by atoms with Crippen molar-refractivity contribution in [2.24, 2.45) is 23.2 Å². The van der Waals surface area contributed by atoms with Crippen molar-refractivity contribution in [2.75, 3.05) is 38.2 Å². The number of methoxy groups -OCH3 is 1. The Hall–Kier alpha value is -1.71. The smallest absolute Gasteiger partial charge is 0.223 e. The SMILES string of the molecule is COc1ccccc1N1CCN(C(=O)CC23CC4CC(CC(C4)C2)C3)CC1. The number of para-hydroxylation sites is 2. The molecule has 27 heavy (non-hydrogen) atoms. The van der Waals surface area contributed by atoms with E-state index in [1.165, 1.54) is 38.5 Å². The van der Waals surface area contributed by atoms with Crippen molar-refractivity contribution in [1.29, 1.82) is 0 Å². The number of nitrogens with zero attached hydrogens (tertiary/aromatic N) is 2. The minimum atomic E-state index is 0.353. The highest BCUT2D eigenvalue weighted by molar-refractivity contribution is 5.77. The van der Waals surface area contributed by atoms with Crippen molar-refractivity contribution >= 4 is 11.6 Å². The van der Waals surface area contributed by atoms with Gasteiger partial charge in [0.2, 0.25) is 5.91 Å². The molecule has 6 rings (SSSR count). The molecule has 5 fully saturated rings. The van der Waals surface area contributed by atoms with Crippen LogP contribution in [0.4, 0.5) is 5.69 Å². The molecule has 0 unspecified atom stereocenters. The molecule has 4 aliphatic carbocycles. The van der Waals surface area contributed by atoms with Crippen molar-refractivity contribution < 1.29 is 9.53 Å². The summed E-state index contributed by atoms with van der Waals surface area (Å²) in [4.78, 5) is 17.6. The molecule has 1 aliphatic heterocycles. The summed E-state index contributed by atoms with van der Waals surface area (Å²) < 4.78 is 5.51. The maximum Gasteiger partial charge on any atom is 0.223 e. The molecule has 1 aromatic carbocycles. The first kappa shape index (κ1) is 17.4. The largest absolute Gasteiger partial charge is 0.495 e. The van der Waals surface area contributed by atoms with Gasteiger partial charge in [-0.05, 0) is 73.8 Å². The van der Waals surface area contributed by atoms with Crippen LogP contribution in [0.5, 0.6) is 5.75 Å². The molecule has 1 amide bonds. The highest BCUT2D eigenvalue weighted by Crippen LogP contribution is 2.61. The van der Waals surface area contributed by atoms with Gasteiger partial charge in [0.15, 0.2) is 0 Å². The molecule has 4 bridgehead atoms. The Morgan fingerprint density at radius 1 is 1.00 bits per heavy atom. The lowest BCUT2D eigenvalue weighted by Crippen LogP contribution is -2.52. The van der Waals surface area contributed by atoms with E-state index in [0.717, 1.165) is 61.8 Å². The topological polar surface area (TPSA) is 32.8 Å². The van der Waals surface area contributed by atoms with E-state index in [1.54, 1.807) is 7.11 Å². The summed E-state index contributed by atoms with van der Waals surface area (Å²) >= 11 is 0. The van der Waals surface area contributed by atoms with Crippen LogP contribution >= 0.6 is 0 Å². The van der Waals surface area contributed by atoms with Crippen molar-refractivity contribution in [2.45, 2.75) is 44.9 Å². The van der Waals surface area contributed by atoms with Crippen LogP contribution in [0.1, 0.15) is 44.9 Å². The molecular weight excluding hydrogens is 336 g/mol. The lowest BCUT2D eigenvalue weighted by Gasteiger charge is -2.57. The molecule has 0 spiro atoms. The number of amides is 1. The van der Waals surface area contributed by atoms with E-state index in [2.05, 4.69) is 21.9 Å². The molecule has 1 saturated heterocycles. The molecule has 146 valence electrons. The summed E-state index contributed by atoms with van der Waals surface area (Å²) in [5.74, 6) is 4.10. The van der Waals surface area contributed by atoms with Gasteiger partial charge in [-0.15, -0.1) is 0 Å². The minimum absolute atomic E-state index is 0.353. The number of anilines is 1. The fourth-order valence-electron chi connectivity index (χ4n) is 7.03. The number of hydrogen-bond donors (Lipinski definition) is 0. The van der Waals surface area contributed by atoms with Crippen LogP contribution < -0.4 is 9.64 Å². The van der Waals surface area contributed by atoms with Gasteiger partial charge in [0.25, 0.3) is 0 Å². The Bertz CT molecular complexity index is 673. The Labute approximate surface area is 162 Å². The van der Waals surface area contributed by atoms with Crippen LogP contribution in [0.3, 0.4) is 0 Å². The van der Waals surface area contributed by atoms with E-state index < -0.39 is 0 Å². The fourth-order valence-corrected chi connectivity index (χ4v) is 7.03. The van der Waals surface area contributed by atoms with E-state index >= 15 is 0 Å². The highest BCUT2D eigenvalue weighted by atomic mass is 16.5. The molecule has 1 heterocycles. The van der Waals surface area contributed by atoms with Crippen molar-refractivity contribution in [1.82, 2.24) is 4.90 Å². The summed E-state index contributed by atoms with van der Waals surface area (Å²) in [5.41, 5.74) is 1.50. The first-order chi connectivity index (χ1) is 13.1. The van der Waals surface area contributed by atoms with E-state index in [4.69, 9.17) is 4.74 Å². The van der Waals surface area contributed by atoms with E-state index in [-0.39, 0.29) is 0 Å². The van der Waals surface area contributed by atoms with Crippen LogP contribution in [-0.2, 0) is 4.79 Å². The van der Waals surface area contributed by atoms with Gasteiger partial charge in [-0.2, -0.15) is 0 Å². The van der Waals surface area contributed by atoms with Crippen molar-refractivity contribution in [3.8, 4) is 5.75 Å². The molecule has 4 saturated carbocycles. The van der Waals surface area contributed by atoms with Crippen LogP contribution in [0.15, 0.2) is 24.3 Å². The van der Waals surface area contributed by atoms with Crippen molar-refractivity contribution in [3.63, 3.8) is 0 Å². The second-order valence-electron chi connectivity index (χ2n) is 9.63.